The second kappa shape index (κ2) is 8.70. The number of halogens is 3. The van der Waals surface area contributed by atoms with Gasteiger partial charge in [-0.2, -0.15) is 0 Å². The van der Waals surface area contributed by atoms with Crippen LogP contribution in [0.3, 0.4) is 0 Å². The Balaban J connectivity index is 2.94. The second-order valence-electron chi connectivity index (χ2n) is 4.40. The summed E-state index contributed by atoms with van der Waals surface area (Å²) in [5.74, 6) is -1.42. The molecule has 5 nitrogen and oxygen atoms in total. The van der Waals surface area contributed by atoms with Crippen molar-refractivity contribution in [3.8, 4) is 5.75 Å². The number of phenolic OH excluding ortho intramolecular Hbond substituents is 1. The first-order chi connectivity index (χ1) is 9.77. The van der Waals surface area contributed by atoms with Crippen LogP contribution >= 0.6 is 67.8 Å². The number of carboxylic acids is 1. The normalized spacial score (nSPS) is 12.0. The number of amides is 1. The van der Waals surface area contributed by atoms with E-state index >= 15 is 0 Å². The summed E-state index contributed by atoms with van der Waals surface area (Å²) in [6, 6.07) is 1.87. The molecule has 0 aliphatic heterocycles. The van der Waals surface area contributed by atoms with Crippen LogP contribution in [0.25, 0.3) is 0 Å². The average Bonchev–Trinajstić information content (AvgIpc) is 2.42. The van der Waals surface area contributed by atoms with Crippen LogP contribution in [0.15, 0.2) is 6.07 Å². The molecule has 0 aliphatic carbocycles. The van der Waals surface area contributed by atoms with Crippen LogP contribution in [0.5, 0.6) is 5.75 Å². The van der Waals surface area contributed by atoms with E-state index in [0.717, 1.165) is 16.3 Å². The third-order valence-corrected chi connectivity index (χ3v) is 5.92. The van der Waals surface area contributed by atoms with E-state index in [1.807, 2.05) is 13.0 Å². The molecular weight excluding hydrogens is 615 g/mol. The van der Waals surface area contributed by atoms with Gasteiger partial charge in [0.15, 0.2) is 0 Å². The molecule has 116 valence electrons. The molecule has 1 aromatic rings. The van der Waals surface area contributed by atoms with Gasteiger partial charge in [-0.25, -0.2) is 0 Å². The van der Waals surface area contributed by atoms with Crippen LogP contribution in [0.4, 0.5) is 0 Å². The standard InChI is InChI=1S/C13H14I3NO4/c1-2-6(13(21)17-5-10(18)19)3-7-8(14)4-9(15)12(20)11(7)16/h4,6,20H,2-3,5H2,1H3,(H,17,21)(H,18,19). The van der Waals surface area contributed by atoms with Crippen LogP contribution in [0.2, 0.25) is 0 Å². The van der Waals surface area contributed by atoms with Gasteiger partial charge in [0.1, 0.15) is 12.3 Å². The lowest BCUT2D eigenvalue weighted by atomic mass is 9.96. The minimum atomic E-state index is -1.06. The van der Waals surface area contributed by atoms with E-state index in [0.29, 0.717) is 12.8 Å². The first-order valence-corrected chi connectivity index (χ1v) is 9.36. The number of carboxylic acid groups (broad SMARTS) is 1. The highest BCUT2D eigenvalue weighted by Gasteiger charge is 2.22. The van der Waals surface area contributed by atoms with E-state index < -0.39 is 5.97 Å². The molecular formula is C13H14I3NO4. The minimum absolute atomic E-state index is 0.229. The van der Waals surface area contributed by atoms with Crippen LogP contribution in [0, 0.1) is 16.6 Å². The molecule has 0 bridgehead atoms. The van der Waals surface area contributed by atoms with E-state index in [9.17, 15) is 14.7 Å². The largest absolute Gasteiger partial charge is 0.506 e. The second-order valence-corrected chi connectivity index (χ2v) is 7.81. The summed E-state index contributed by atoms with van der Waals surface area (Å²) >= 11 is 6.33. The first kappa shape index (κ1) is 19.2. The van der Waals surface area contributed by atoms with E-state index in [1.54, 1.807) is 0 Å². The van der Waals surface area contributed by atoms with Gasteiger partial charge in [-0.15, -0.1) is 0 Å². The van der Waals surface area contributed by atoms with Crippen LogP contribution in [-0.4, -0.2) is 28.6 Å². The van der Waals surface area contributed by atoms with Gasteiger partial charge in [0.2, 0.25) is 5.91 Å². The number of nitrogens with one attached hydrogen (secondary N) is 1. The lowest BCUT2D eigenvalue weighted by molar-refractivity contribution is -0.138. The Morgan fingerprint density at radius 1 is 1.29 bits per heavy atom. The first-order valence-electron chi connectivity index (χ1n) is 6.12. The van der Waals surface area contributed by atoms with Crippen molar-refractivity contribution < 1.29 is 19.8 Å². The maximum absolute atomic E-state index is 12.0. The van der Waals surface area contributed by atoms with Crippen molar-refractivity contribution in [1.82, 2.24) is 5.32 Å². The molecule has 1 unspecified atom stereocenters. The summed E-state index contributed by atoms with van der Waals surface area (Å²) in [4.78, 5) is 22.5. The highest BCUT2D eigenvalue weighted by Crippen LogP contribution is 2.34. The number of benzene rings is 1. The number of aliphatic carboxylic acids is 1. The van der Waals surface area contributed by atoms with Crippen molar-refractivity contribution in [3.05, 3.63) is 22.3 Å². The van der Waals surface area contributed by atoms with E-state index in [4.69, 9.17) is 5.11 Å². The summed E-state index contributed by atoms with van der Waals surface area (Å²) in [6.45, 7) is 1.51. The van der Waals surface area contributed by atoms with Crippen molar-refractivity contribution in [1.29, 1.82) is 0 Å². The maximum Gasteiger partial charge on any atom is 0.322 e. The Morgan fingerprint density at radius 3 is 2.43 bits per heavy atom. The monoisotopic (exact) mass is 629 g/mol. The molecule has 0 heterocycles. The van der Waals surface area contributed by atoms with Crippen molar-refractivity contribution in [2.75, 3.05) is 6.54 Å². The van der Waals surface area contributed by atoms with E-state index in [-0.39, 0.29) is 24.1 Å². The van der Waals surface area contributed by atoms with Crippen LogP contribution < -0.4 is 5.32 Å². The highest BCUT2D eigenvalue weighted by atomic mass is 127. The predicted octanol–water partition coefficient (Wildman–Crippen LogP) is 2.98. The van der Waals surface area contributed by atoms with Gasteiger partial charge < -0.3 is 15.5 Å². The van der Waals surface area contributed by atoms with Gasteiger partial charge in [-0.1, -0.05) is 6.92 Å². The number of carbonyl (C=O) groups is 2. The molecule has 21 heavy (non-hydrogen) atoms. The van der Waals surface area contributed by atoms with E-state index in [2.05, 4.69) is 73.1 Å². The minimum Gasteiger partial charge on any atom is -0.506 e. The Morgan fingerprint density at radius 2 is 1.90 bits per heavy atom. The Hall–Kier alpha value is 0.150. The number of phenols is 1. The van der Waals surface area contributed by atoms with Gasteiger partial charge in [0.25, 0.3) is 0 Å². The van der Waals surface area contributed by atoms with Crippen molar-refractivity contribution in [2.24, 2.45) is 5.92 Å². The molecule has 0 aliphatic rings. The summed E-state index contributed by atoms with van der Waals surface area (Å²) in [5, 5.41) is 21.0. The maximum atomic E-state index is 12.0. The lowest BCUT2D eigenvalue weighted by Gasteiger charge is -2.17. The molecule has 0 saturated heterocycles. The van der Waals surface area contributed by atoms with Crippen LogP contribution in [-0.2, 0) is 16.0 Å². The Labute approximate surface area is 163 Å². The summed E-state index contributed by atoms with van der Waals surface area (Å²) in [6.07, 6.45) is 1.08. The topological polar surface area (TPSA) is 86.6 Å². The Kier molecular flexibility index (Phi) is 7.95. The quantitative estimate of drug-likeness (QED) is 0.423. The van der Waals surface area contributed by atoms with Gasteiger partial charge in [0.05, 0.1) is 7.14 Å². The van der Waals surface area contributed by atoms with E-state index in [1.165, 1.54) is 0 Å². The molecule has 3 N–H and O–H groups in total. The molecule has 8 heteroatoms. The molecule has 0 saturated carbocycles. The van der Waals surface area contributed by atoms with Gasteiger partial charge in [0, 0.05) is 9.49 Å². The third kappa shape index (κ3) is 5.37. The fraction of sp³-hybridized carbons (Fsp3) is 0.385. The predicted molar refractivity (Wildman–Crippen MR) is 104 cm³/mol. The van der Waals surface area contributed by atoms with Crippen molar-refractivity contribution in [3.63, 3.8) is 0 Å². The Bertz CT molecular complexity index is 563. The highest BCUT2D eigenvalue weighted by molar-refractivity contribution is 14.1. The zero-order valence-electron chi connectivity index (χ0n) is 11.1. The molecule has 0 spiro atoms. The molecule has 0 radical (unpaired) electrons. The summed E-state index contributed by atoms with van der Waals surface area (Å²) < 4.78 is 2.51. The van der Waals surface area contributed by atoms with Gasteiger partial charge in [-0.3, -0.25) is 9.59 Å². The average molecular weight is 629 g/mol. The number of aromatic hydroxyl groups is 1. The van der Waals surface area contributed by atoms with Crippen molar-refractivity contribution >= 4 is 79.6 Å². The molecule has 0 aromatic heterocycles. The summed E-state index contributed by atoms with van der Waals surface area (Å²) in [7, 11) is 0. The number of carbonyl (C=O) groups excluding carboxylic acids is 1. The smallest absolute Gasteiger partial charge is 0.322 e. The van der Waals surface area contributed by atoms with Crippen molar-refractivity contribution in [2.45, 2.75) is 19.8 Å². The fourth-order valence-electron chi connectivity index (χ4n) is 1.78. The number of hydrogen-bond acceptors (Lipinski definition) is 3. The SMILES string of the molecule is CCC(Cc1c(I)cc(I)c(O)c1I)C(=O)NCC(=O)O. The fourth-order valence-corrected chi connectivity index (χ4v) is 5.59. The summed E-state index contributed by atoms with van der Waals surface area (Å²) in [5.41, 5.74) is 0.923. The molecule has 1 amide bonds. The number of rotatable bonds is 6. The van der Waals surface area contributed by atoms with Gasteiger partial charge in [-0.05, 0) is 92.2 Å². The molecule has 1 aromatic carbocycles. The molecule has 0 fully saturated rings. The third-order valence-electron chi connectivity index (χ3n) is 2.97. The molecule has 1 atom stereocenters. The zero-order chi connectivity index (χ0) is 16.2. The molecule has 1 rings (SSSR count). The zero-order valence-corrected chi connectivity index (χ0v) is 17.6. The van der Waals surface area contributed by atoms with Gasteiger partial charge >= 0.3 is 5.97 Å². The lowest BCUT2D eigenvalue weighted by Crippen LogP contribution is -2.35. The number of hydrogen-bond donors (Lipinski definition) is 3. The van der Waals surface area contributed by atoms with Crippen LogP contribution in [0.1, 0.15) is 18.9 Å².